The molecule has 4 nitrogen and oxygen atoms in total. The monoisotopic (exact) mass is 315 g/mol. The summed E-state index contributed by atoms with van der Waals surface area (Å²) < 4.78 is 11.5. The summed E-state index contributed by atoms with van der Waals surface area (Å²) in [5.41, 5.74) is 0. The van der Waals surface area contributed by atoms with Gasteiger partial charge < -0.3 is 19.5 Å². The third kappa shape index (κ3) is 4.44. The Morgan fingerprint density at radius 1 is 1.26 bits per heavy atom. The minimum atomic E-state index is -0.514. The highest BCUT2D eigenvalue weighted by Gasteiger charge is 2.19. The van der Waals surface area contributed by atoms with E-state index in [4.69, 9.17) is 9.47 Å². The van der Waals surface area contributed by atoms with Crippen LogP contribution in [0.1, 0.15) is 12.8 Å². The second-order valence-corrected chi connectivity index (χ2v) is 6.30. The lowest BCUT2D eigenvalue weighted by atomic mass is 10.1. The standard InChI is InChI=1S/C19H25NO3/c1-20(13-17-8-5-11-22-17)12-16(21)14-23-19-10-4-7-15-6-2-3-9-18(15)19/h2-4,6-7,9-10,16-17,21H,5,8,11-14H2,1H3. The van der Waals surface area contributed by atoms with E-state index in [0.717, 1.165) is 42.5 Å². The Kier molecular flexibility index (Phi) is 5.49. The number of fused-ring (bicyclic) bond motifs is 1. The van der Waals surface area contributed by atoms with Gasteiger partial charge in [0.15, 0.2) is 0 Å². The van der Waals surface area contributed by atoms with E-state index in [-0.39, 0.29) is 0 Å². The number of aliphatic hydroxyl groups is 1. The molecule has 0 bridgehead atoms. The van der Waals surface area contributed by atoms with Crippen molar-refractivity contribution in [3.05, 3.63) is 42.5 Å². The topological polar surface area (TPSA) is 41.9 Å². The number of benzene rings is 2. The van der Waals surface area contributed by atoms with Crippen LogP contribution in [0.25, 0.3) is 10.8 Å². The maximum atomic E-state index is 10.2. The molecule has 2 aromatic carbocycles. The summed E-state index contributed by atoms with van der Waals surface area (Å²) in [6, 6.07) is 14.1. The van der Waals surface area contributed by atoms with Crippen molar-refractivity contribution in [2.75, 3.05) is 33.4 Å². The fraction of sp³-hybridized carbons (Fsp3) is 0.474. The maximum Gasteiger partial charge on any atom is 0.127 e. The molecule has 2 unspecified atom stereocenters. The summed E-state index contributed by atoms with van der Waals surface area (Å²) >= 11 is 0. The molecule has 1 aliphatic heterocycles. The van der Waals surface area contributed by atoms with Crippen molar-refractivity contribution in [2.45, 2.75) is 25.0 Å². The number of hydrogen-bond acceptors (Lipinski definition) is 4. The van der Waals surface area contributed by atoms with Gasteiger partial charge in [-0.15, -0.1) is 0 Å². The molecule has 23 heavy (non-hydrogen) atoms. The van der Waals surface area contributed by atoms with E-state index >= 15 is 0 Å². The summed E-state index contributed by atoms with van der Waals surface area (Å²) in [6.07, 6.45) is 2.06. The van der Waals surface area contributed by atoms with Crippen molar-refractivity contribution in [3.63, 3.8) is 0 Å². The van der Waals surface area contributed by atoms with Gasteiger partial charge in [-0.1, -0.05) is 36.4 Å². The zero-order valence-electron chi connectivity index (χ0n) is 13.6. The molecule has 0 aliphatic carbocycles. The summed E-state index contributed by atoms with van der Waals surface area (Å²) in [4.78, 5) is 2.12. The molecule has 4 heteroatoms. The molecule has 0 amide bonds. The first-order valence-corrected chi connectivity index (χ1v) is 8.31. The molecule has 1 N–H and O–H groups in total. The Morgan fingerprint density at radius 3 is 2.91 bits per heavy atom. The van der Waals surface area contributed by atoms with E-state index in [1.807, 2.05) is 37.4 Å². The first-order valence-electron chi connectivity index (χ1n) is 8.31. The minimum absolute atomic E-state index is 0.296. The van der Waals surface area contributed by atoms with Crippen LogP contribution in [-0.2, 0) is 4.74 Å². The van der Waals surface area contributed by atoms with Crippen LogP contribution >= 0.6 is 0 Å². The predicted octanol–water partition coefficient (Wildman–Crippen LogP) is 2.69. The van der Waals surface area contributed by atoms with Crippen LogP contribution in [0, 0.1) is 0 Å². The molecule has 0 spiro atoms. The molecular formula is C19H25NO3. The van der Waals surface area contributed by atoms with Crippen LogP contribution in [0.4, 0.5) is 0 Å². The van der Waals surface area contributed by atoms with E-state index in [1.54, 1.807) is 0 Å². The van der Waals surface area contributed by atoms with Gasteiger partial charge in [0.2, 0.25) is 0 Å². The zero-order valence-corrected chi connectivity index (χ0v) is 13.6. The summed E-state index contributed by atoms with van der Waals surface area (Å²) in [5.74, 6) is 0.823. The fourth-order valence-electron chi connectivity index (χ4n) is 3.13. The van der Waals surface area contributed by atoms with E-state index in [2.05, 4.69) is 17.0 Å². The van der Waals surface area contributed by atoms with Crippen molar-refractivity contribution >= 4 is 10.8 Å². The molecule has 0 aromatic heterocycles. The molecule has 0 saturated carbocycles. The molecule has 1 fully saturated rings. The number of aliphatic hydroxyl groups excluding tert-OH is 1. The average Bonchev–Trinajstić information content (AvgIpc) is 3.05. The highest BCUT2D eigenvalue weighted by Crippen LogP contribution is 2.25. The first kappa shape index (κ1) is 16.2. The SMILES string of the molecule is CN(CC(O)COc1cccc2ccccc12)CC1CCCO1. The van der Waals surface area contributed by atoms with Gasteiger partial charge in [-0.2, -0.15) is 0 Å². The Bertz CT molecular complexity index is 620. The van der Waals surface area contributed by atoms with Gasteiger partial charge >= 0.3 is 0 Å². The van der Waals surface area contributed by atoms with Gasteiger partial charge in [0.1, 0.15) is 18.5 Å². The normalized spacial score (nSPS) is 19.3. The highest BCUT2D eigenvalue weighted by molar-refractivity contribution is 5.88. The van der Waals surface area contributed by atoms with Gasteiger partial charge in [0.05, 0.1) is 6.10 Å². The van der Waals surface area contributed by atoms with Crippen LogP contribution in [-0.4, -0.2) is 55.6 Å². The van der Waals surface area contributed by atoms with E-state index in [9.17, 15) is 5.11 Å². The molecule has 2 atom stereocenters. The molecule has 0 radical (unpaired) electrons. The largest absolute Gasteiger partial charge is 0.490 e. The molecule has 1 saturated heterocycles. The van der Waals surface area contributed by atoms with Crippen LogP contribution in [0.5, 0.6) is 5.75 Å². The lowest BCUT2D eigenvalue weighted by Crippen LogP contribution is -2.37. The predicted molar refractivity (Wildman–Crippen MR) is 91.9 cm³/mol. The summed E-state index contributed by atoms with van der Waals surface area (Å²) in [5, 5.41) is 12.4. The lowest BCUT2D eigenvalue weighted by Gasteiger charge is -2.23. The van der Waals surface area contributed by atoms with Crippen molar-refractivity contribution in [3.8, 4) is 5.75 Å². The Balaban J connectivity index is 1.50. The Hall–Kier alpha value is -1.62. The van der Waals surface area contributed by atoms with Crippen LogP contribution < -0.4 is 4.74 Å². The van der Waals surface area contributed by atoms with Gasteiger partial charge in [0, 0.05) is 25.1 Å². The number of likely N-dealkylation sites (N-methyl/N-ethyl adjacent to an activating group) is 1. The zero-order chi connectivity index (χ0) is 16.1. The van der Waals surface area contributed by atoms with E-state index in [1.165, 1.54) is 0 Å². The summed E-state index contributed by atoms with van der Waals surface area (Å²) in [6.45, 7) is 2.62. The van der Waals surface area contributed by atoms with E-state index in [0.29, 0.717) is 19.3 Å². The van der Waals surface area contributed by atoms with Gasteiger partial charge in [-0.25, -0.2) is 0 Å². The Labute approximate surface area is 137 Å². The molecular weight excluding hydrogens is 290 g/mol. The smallest absolute Gasteiger partial charge is 0.127 e. The van der Waals surface area contributed by atoms with Gasteiger partial charge in [-0.05, 0) is 31.3 Å². The molecule has 1 aliphatic rings. The minimum Gasteiger partial charge on any atom is -0.490 e. The fourth-order valence-corrected chi connectivity index (χ4v) is 3.13. The second kappa shape index (κ2) is 7.77. The second-order valence-electron chi connectivity index (χ2n) is 6.30. The maximum absolute atomic E-state index is 10.2. The number of nitrogens with zero attached hydrogens (tertiary/aromatic N) is 1. The van der Waals surface area contributed by atoms with Crippen LogP contribution in [0.3, 0.4) is 0 Å². The molecule has 124 valence electrons. The quantitative estimate of drug-likeness (QED) is 0.853. The van der Waals surface area contributed by atoms with Crippen molar-refractivity contribution < 1.29 is 14.6 Å². The van der Waals surface area contributed by atoms with E-state index < -0.39 is 6.10 Å². The third-order valence-electron chi connectivity index (χ3n) is 4.24. The molecule has 2 aromatic rings. The number of hydrogen-bond donors (Lipinski definition) is 1. The highest BCUT2D eigenvalue weighted by atomic mass is 16.5. The molecule has 3 rings (SSSR count). The van der Waals surface area contributed by atoms with Crippen LogP contribution in [0.15, 0.2) is 42.5 Å². The van der Waals surface area contributed by atoms with Crippen molar-refractivity contribution in [2.24, 2.45) is 0 Å². The number of rotatable bonds is 7. The Morgan fingerprint density at radius 2 is 2.09 bits per heavy atom. The third-order valence-corrected chi connectivity index (χ3v) is 4.24. The first-order chi connectivity index (χ1) is 11.2. The van der Waals surface area contributed by atoms with Crippen molar-refractivity contribution in [1.82, 2.24) is 4.90 Å². The van der Waals surface area contributed by atoms with Crippen molar-refractivity contribution in [1.29, 1.82) is 0 Å². The summed E-state index contributed by atoms with van der Waals surface area (Å²) in [7, 11) is 2.02. The van der Waals surface area contributed by atoms with Gasteiger partial charge in [0.25, 0.3) is 0 Å². The lowest BCUT2D eigenvalue weighted by molar-refractivity contribution is 0.0446. The average molecular weight is 315 g/mol. The molecule has 1 heterocycles. The number of ether oxygens (including phenoxy) is 2. The van der Waals surface area contributed by atoms with Gasteiger partial charge in [-0.3, -0.25) is 0 Å². The van der Waals surface area contributed by atoms with Crippen LogP contribution in [0.2, 0.25) is 0 Å².